The second kappa shape index (κ2) is 8.02. The van der Waals surface area contributed by atoms with Crippen LogP contribution in [0.15, 0.2) is 107 Å². The first-order chi connectivity index (χ1) is 14.1. The normalized spacial score (nSPS) is 10.8. The summed E-state index contributed by atoms with van der Waals surface area (Å²) in [6.07, 6.45) is 1.50. The van der Waals surface area contributed by atoms with Crippen LogP contribution in [0.2, 0.25) is 0 Å². The smallest absolute Gasteiger partial charge is 0.331 e. The van der Waals surface area contributed by atoms with Crippen molar-refractivity contribution in [2.24, 2.45) is 7.05 Å². The Hall–Kier alpha value is -3.86. The molecule has 0 bridgehead atoms. The Labute approximate surface area is 168 Å². The van der Waals surface area contributed by atoms with Crippen molar-refractivity contribution < 1.29 is 4.74 Å². The zero-order valence-corrected chi connectivity index (χ0v) is 15.9. The van der Waals surface area contributed by atoms with Crippen molar-refractivity contribution in [2.75, 3.05) is 0 Å². The summed E-state index contributed by atoms with van der Waals surface area (Å²) in [5.41, 5.74) is 0.985. The first-order valence-electron chi connectivity index (χ1n) is 9.30. The van der Waals surface area contributed by atoms with Crippen LogP contribution in [0.4, 0.5) is 0 Å². The lowest BCUT2D eigenvalue weighted by atomic mass is 9.98. The van der Waals surface area contributed by atoms with E-state index in [4.69, 9.17) is 4.74 Å². The number of ether oxygens (including phenoxy) is 1. The Balaban J connectivity index is 1.91. The predicted octanol–water partition coefficient (Wildman–Crippen LogP) is 3.98. The van der Waals surface area contributed by atoms with Crippen LogP contribution < -0.4 is 16.0 Å². The van der Waals surface area contributed by atoms with Crippen LogP contribution in [0, 0.1) is 0 Å². The zero-order valence-electron chi connectivity index (χ0n) is 15.9. The minimum Gasteiger partial charge on any atom is -0.450 e. The molecule has 5 nitrogen and oxygen atoms in total. The molecule has 5 heteroatoms. The number of aromatic nitrogens is 2. The number of hydrogen-bond acceptors (Lipinski definition) is 3. The van der Waals surface area contributed by atoms with Gasteiger partial charge in [0.05, 0.1) is 12.2 Å². The van der Waals surface area contributed by atoms with Crippen molar-refractivity contribution in [2.45, 2.75) is 6.04 Å². The Morgan fingerprint density at radius 1 is 0.724 bits per heavy atom. The van der Waals surface area contributed by atoms with Crippen molar-refractivity contribution in [3.8, 4) is 11.5 Å². The summed E-state index contributed by atoms with van der Waals surface area (Å²) >= 11 is 0. The minimum absolute atomic E-state index is 0.0927. The molecular weight excluding hydrogens is 364 g/mol. The van der Waals surface area contributed by atoms with Crippen LogP contribution >= 0.6 is 0 Å². The van der Waals surface area contributed by atoms with Crippen LogP contribution in [-0.2, 0) is 7.05 Å². The van der Waals surface area contributed by atoms with E-state index in [0.717, 1.165) is 15.7 Å². The second-order valence-corrected chi connectivity index (χ2v) is 6.69. The highest BCUT2D eigenvalue weighted by molar-refractivity contribution is 5.34. The van der Waals surface area contributed by atoms with Crippen LogP contribution in [0.1, 0.15) is 17.2 Å². The van der Waals surface area contributed by atoms with E-state index >= 15 is 0 Å². The average Bonchev–Trinajstić information content (AvgIpc) is 2.78. The van der Waals surface area contributed by atoms with Crippen LogP contribution in [0.25, 0.3) is 0 Å². The molecule has 0 aliphatic rings. The number of nitrogens with zero attached hydrogens (tertiary/aromatic N) is 2. The lowest BCUT2D eigenvalue weighted by molar-refractivity contribution is 0.447. The minimum atomic E-state index is -0.477. The van der Waals surface area contributed by atoms with Gasteiger partial charge in [0.25, 0.3) is 5.56 Å². The summed E-state index contributed by atoms with van der Waals surface area (Å²) in [5.74, 6) is 0.626. The third-order valence-corrected chi connectivity index (χ3v) is 4.76. The number of rotatable bonds is 5. The second-order valence-electron chi connectivity index (χ2n) is 6.69. The van der Waals surface area contributed by atoms with Crippen LogP contribution in [-0.4, -0.2) is 9.13 Å². The van der Waals surface area contributed by atoms with Crippen molar-refractivity contribution in [3.05, 3.63) is 129 Å². The van der Waals surface area contributed by atoms with E-state index in [1.165, 1.54) is 13.2 Å². The molecule has 144 valence electrons. The predicted molar refractivity (Wildman–Crippen MR) is 113 cm³/mol. The van der Waals surface area contributed by atoms with E-state index in [1.54, 1.807) is 16.7 Å². The molecule has 3 aromatic carbocycles. The topological polar surface area (TPSA) is 53.2 Å². The maximum absolute atomic E-state index is 13.1. The molecule has 29 heavy (non-hydrogen) atoms. The molecule has 1 aromatic heterocycles. The van der Waals surface area contributed by atoms with Gasteiger partial charge < -0.3 is 4.74 Å². The SMILES string of the molecule is Cn1c(=O)c(Oc2ccccc2)cn(C(c2ccccc2)c2ccccc2)c1=O. The highest BCUT2D eigenvalue weighted by atomic mass is 16.5. The van der Waals surface area contributed by atoms with E-state index < -0.39 is 17.3 Å². The molecular formula is C24H20N2O3. The van der Waals surface area contributed by atoms with Gasteiger partial charge in [0.2, 0.25) is 5.75 Å². The monoisotopic (exact) mass is 384 g/mol. The molecule has 0 fully saturated rings. The fraction of sp³-hybridized carbons (Fsp3) is 0.0833. The molecule has 4 aromatic rings. The lowest BCUT2D eigenvalue weighted by Crippen LogP contribution is -2.40. The standard InChI is InChI=1S/C24H20N2O3/c1-25-23(27)21(29-20-15-9-4-10-16-20)17-26(24(25)28)22(18-11-5-2-6-12-18)19-13-7-3-8-14-19/h2-17,22H,1H3. The lowest BCUT2D eigenvalue weighted by Gasteiger charge is -2.22. The first kappa shape index (κ1) is 18.5. The van der Waals surface area contributed by atoms with Gasteiger partial charge in [0.15, 0.2) is 0 Å². The van der Waals surface area contributed by atoms with Gasteiger partial charge in [-0.15, -0.1) is 0 Å². The van der Waals surface area contributed by atoms with Gasteiger partial charge in [-0.2, -0.15) is 0 Å². The summed E-state index contributed by atoms with van der Waals surface area (Å²) in [6.45, 7) is 0. The van der Waals surface area contributed by atoms with E-state index in [2.05, 4.69) is 0 Å². The molecule has 4 rings (SSSR count). The van der Waals surface area contributed by atoms with E-state index in [0.29, 0.717) is 5.75 Å². The zero-order chi connectivity index (χ0) is 20.2. The van der Waals surface area contributed by atoms with Gasteiger partial charge in [0, 0.05) is 7.05 Å². The maximum Gasteiger partial charge on any atom is 0.331 e. The van der Waals surface area contributed by atoms with E-state index in [9.17, 15) is 9.59 Å². The summed E-state index contributed by atoms with van der Waals surface area (Å²) < 4.78 is 8.44. The van der Waals surface area contributed by atoms with Crippen molar-refractivity contribution in [1.29, 1.82) is 0 Å². The summed E-state index contributed by atoms with van der Waals surface area (Å²) in [6, 6.07) is 28.1. The van der Waals surface area contributed by atoms with Crippen molar-refractivity contribution in [1.82, 2.24) is 9.13 Å². The van der Waals surface area contributed by atoms with Crippen LogP contribution in [0.3, 0.4) is 0 Å². The number of benzene rings is 3. The summed E-state index contributed by atoms with van der Waals surface area (Å²) in [4.78, 5) is 25.7. The highest BCUT2D eigenvalue weighted by Gasteiger charge is 2.21. The van der Waals surface area contributed by atoms with Gasteiger partial charge in [0.1, 0.15) is 5.75 Å². The third kappa shape index (κ3) is 3.75. The molecule has 0 N–H and O–H groups in total. The molecule has 0 saturated carbocycles. The van der Waals surface area contributed by atoms with Gasteiger partial charge in [-0.3, -0.25) is 13.9 Å². The fourth-order valence-corrected chi connectivity index (χ4v) is 3.32. The molecule has 0 amide bonds. The van der Waals surface area contributed by atoms with Gasteiger partial charge >= 0.3 is 5.69 Å². The van der Waals surface area contributed by atoms with Crippen LogP contribution in [0.5, 0.6) is 11.5 Å². The van der Waals surface area contributed by atoms with E-state index in [-0.39, 0.29) is 5.75 Å². The molecule has 0 unspecified atom stereocenters. The quantitative estimate of drug-likeness (QED) is 0.523. The van der Waals surface area contributed by atoms with Gasteiger partial charge in [-0.05, 0) is 23.3 Å². The Morgan fingerprint density at radius 3 is 1.72 bits per heavy atom. The Bertz CT molecular complexity index is 1170. The fourth-order valence-electron chi connectivity index (χ4n) is 3.32. The first-order valence-corrected chi connectivity index (χ1v) is 9.30. The van der Waals surface area contributed by atoms with Gasteiger partial charge in [-0.1, -0.05) is 78.9 Å². The third-order valence-electron chi connectivity index (χ3n) is 4.76. The average molecular weight is 384 g/mol. The summed E-state index contributed by atoms with van der Waals surface area (Å²) in [7, 11) is 1.46. The molecule has 0 radical (unpaired) electrons. The molecule has 1 heterocycles. The molecule has 0 aliphatic heterocycles. The van der Waals surface area contributed by atoms with E-state index in [1.807, 2.05) is 78.9 Å². The molecule has 0 atom stereocenters. The molecule has 0 saturated heterocycles. The number of para-hydroxylation sites is 1. The van der Waals surface area contributed by atoms with Gasteiger partial charge in [-0.25, -0.2) is 4.79 Å². The largest absolute Gasteiger partial charge is 0.450 e. The molecule has 0 spiro atoms. The summed E-state index contributed by atoms with van der Waals surface area (Å²) in [5, 5.41) is 0. The maximum atomic E-state index is 13.1. The number of hydrogen-bond donors (Lipinski definition) is 0. The van der Waals surface area contributed by atoms with Crippen molar-refractivity contribution >= 4 is 0 Å². The molecule has 0 aliphatic carbocycles. The highest BCUT2D eigenvalue weighted by Crippen LogP contribution is 2.26. The van der Waals surface area contributed by atoms with Crippen molar-refractivity contribution in [3.63, 3.8) is 0 Å². The Kier molecular flexibility index (Phi) is 5.12. The Morgan fingerprint density at radius 2 is 1.21 bits per heavy atom.